The zero-order valence-electron chi connectivity index (χ0n) is 15.0. The van der Waals surface area contributed by atoms with Crippen LogP contribution in [0.15, 0.2) is 58.7 Å². The van der Waals surface area contributed by atoms with Crippen LogP contribution < -0.4 is 4.74 Å². The summed E-state index contributed by atoms with van der Waals surface area (Å²) in [6, 6.07) is 15.7. The van der Waals surface area contributed by atoms with Crippen LogP contribution >= 0.6 is 11.8 Å². The predicted octanol–water partition coefficient (Wildman–Crippen LogP) is 3.86. The molecule has 1 aliphatic heterocycles. The van der Waals surface area contributed by atoms with Crippen molar-refractivity contribution >= 4 is 29.1 Å². The minimum atomic E-state index is -0.151. The highest BCUT2D eigenvalue weighted by Crippen LogP contribution is 2.28. The van der Waals surface area contributed by atoms with Crippen LogP contribution in [0.4, 0.5) is 0 Å². The zero-order chi connectivity index (χ0) is 18.5. The third-order valence-electron chi connectivity index (χ3n) is 4.05. The van der Waals surface area contributed by atoms with E-state index >= 15 is 0 Å². The van der Waals surface area contributed by atoms with Crippen LogP contribution in [0.3, 0.4) is 0 Å². The van der Waals surface area contributed by atoms with Crippen molar-refractivity contribution in [1.82, 2.24) is 4.90 Å². The molecule has 5 nitrogen and oxygen atoms in total. The number of amides is 1. The van der Waals surface area contributed by atoms with Gasteiger partial charge < -0.3 is 4.74 Å². The third-order valence-corrected chi connectivity index (χ3v) is 5.12. The Balaban J connectivity index is 1.75. The van der Waals surface area contributed by atoms with Crippen molar-refractivity contribution in [2.75, 3.05) is 7.11 Å². The second-order valence-corrected chi connectivity index (χ2v) is 7.38. The number of ether oxygens (including phenoxy) is 1. The number of benzene rings is 2. The first-order chi connectivity index (χ1) is 12.6. The van der Waals surface area contributed by atoms with E-state index in [1.54, 1.807) is 18.2 Å². The van der Waals surface area contributed by atoms with Gasteiger partial charge in [-0.1, -0.05) is 53.7 Å². The molecule has 0 aromatic heterocycles. The van der Waals surface area contributed by atoms with Crippen molar-refractivity contribution in [2.45, 2.75) is 25.6 Å². The molecule has 1 heterocycles. The Morgan fingerprint density at radius 3 is 2.50 bits per heavy atom. The number of aryl methyl sites for hydroxylation is 1. The van der Waals surface area contributed by atoms with Crippen molar-refractivity contribution in [2.24, 2.45) is 10.2 Å². The Kier molecular flexibility index (Phi) is 5.73. The highest BCUT2D eigenvalue weighted by atomic mass is 32.2. The summed E-state index contributed by atoms with van der Waals surface area (Å²) in [5, 5.41) is 8.93. The van der Waals surface area contributed by atoms with E-state index in [-0.39, 0.29) is 11.2 Å². The van der Waals surface area contributed by atoms with Gasteiger partial charge in [0.15, 0.2) is 5.17 Å². The highest BCUT2D eigenvalue weighted by molar-refractivity contribution is 8.15. The fourth-order valence-electron chi connectivity index (χ4n) is 2.52. The van der Waals surface area contributed by atoms with Crippen LogP contribution in [0.2, 0.25) is 0 Å². The van der Waals surface area contributed by atoms with Crippen molar-refractivity contribution < 1.29 is 9.53 Å². The number of nitrogens with zero attached hydrogens (tertiary/aromatic N) is 3. The lowest BCUT2D eigenvalue weighted by atomic mass is 10.2. The molecule has 3 rings (SSSR count). The van der Waals surface area contributed by atoms with Gasteiger partial charge in [0.25, 0.3) is 0 Å². The Morgan fingerprint density at radius 1 is 1.15 bits per heavy atom. The number of carbonyl (C=O) groups excluding carboxylic acids is 1. The lowest BCUT2D eigenvalue weighted by molar-refractivity contribution is -0.126. The maximum atomic E-state index is 12.5. The summed E-state index contributed by atoms with van der Waals surface area (Å²) in [6.07, 6.45) is 1.70. The minimum Gasteiger partial charge on any atom is -0.497 e. The summed E-state index contributed by atoms with van der Waals surface area (Å²) in [6.45, 7) is 4.40. The number of amidine groups is 1. The summed E-state index contributed by atoms with van der Waals surface area (Å²) in [5.74, 6) is 0.843. The summed E-state index contributed by atoms with van der Waals surface area (Å²) >= 11 is 1.43. The molecule has 1 aliphatic rings. The topological polar surface area (TPSA) is 54.3 Å². The Hall–Kier alpha value is -2.60. The molecular weight excluding hydrogens is 346 g/mol. The van der Waals surface area contributed by atoms with E-state index in [1.807, 2.05) is 62.4 Å². The molecule has 0 bridgehead atoms. The molecule has 6 heteroatoms. The monoisotopic (exact) mass is 367 g/mol. The maximum Gasteiger partial charge on any atom is 0.242 e. The first-order valence-electron chi connectivity index (χ1n) is 8.35. The van der Waals surface area contributed by atoms with Crippen molar-refractivity contribution in [3.05, 3.63) is 65.2 Å². The Bertz CT molecular complexity index is 829. The normalized spacial score (nSPS) is 18.9. The molecule has 2 aromatic carbocycles. The van der Waals surface area contributed by atoms with Crippen LogP contribution in [0, 0.1) is 6.92 Å². The number of hydrogen-bond donors (Lipinski definition) is 0. The van der Waals surface area contributed by atoms with E-state index in [9.17, 15) is 4.79 Å². The summed E-state index contributed by atoms with van der Waals surface area (Å²) in [5.41, 5.74) is 3.19. The van der Waals surface area contributed by atoms with E-state index in [4.69, 9.17) is 4.74 Å². The van der Waals surface area contributed by atoms with Gasteiger partial charge in [-0.25, -0.2) is 0 Å². The van der Waals surface area contributed by atoms with E-state index in [0.717, 1.165) is 16.9 Å². The number of rotatable bonds is 5. The molecule has 26 heavy (non-hydrogen) atoms. The number of carbonyl (C=O) groups is 1. The maximum absolute atomic E-state index is 12.5. The van der Waals surface area contributed by atoms with E-state index in [2.05, 4.69) is 10.2 Å². The van der Waals surface area contributed by atoms with Crippen LogP contribution in [0.25, 0.3) is 0 Å². The van der Waals surface area contributed by atoms with Gasteiger partial charge in [0.1, 0.15) is 5.75 Å². The van der Waals surface area contributed by atoms with E-state index in [0.29, 0.717) is 11.7 Å². The largest absolute Gasteiger partial charge is 0.497 e. The number of methoxy groups -OCH3 is 1. The molecule has 1 atom stereocenters. The quantitative estimate of drug-likeness (QED) is 0.596. The average Bonchev–Trinajstić information content (AvgIpc) is 2.92. The molecule has 1 fully saturated rings. The molecular formula is C20H21N3O2S. The average molecular weight is 367 g/mol. The van der Waals surface area contributed by atoms with Gasteiger partial charge >= 0.3 is 0 Å². The second kappa shape index (κ2) is 8.19. The van der Waals surface area contributed by atoms with Crippen molar-refractivity contribution in [3.63, 3.8) is 0 Å². The van der Waals surface area contributed by atoms with E-state index < -0.39 is 0 Å². The molecule has 1 amide bonds. The van der Waals surface area contributed by atoms with Crippen LogP contribution in [0.1, 0.15) is 23.6 Å². The Labute approximate surface area is 157 Å². The second-order valence-electron chi connectivity index (χ2n) is 6.07. The predicted molar refractivity (Wildman–Crippen MR) is 107 cm³/mol. The van der Waals surface area contributed by atoms with E-state index in [1.165, 1.54) is 17.3 Å². The van der Waals surface area contributed by atoms with Gasteiger partial charge in [-0.2, -0.15) is 5.10 Å². The summed E-state index contributed by atoms with van der Waals surface area (Å²) in [4.78, 5) is 14.1. The SMILES string of the molecule is COc1ccc(CN2C(=O)C(C)S/C2=N\N=C\c2ccc(C)cc2)cc1. The standard InChI is InChI=1S/C20H21N3O2S/c1-14-4-6-16(7-5-14)12-21-22-20-23(19(24)15(2)26-20)13-17-8-10-18(25-3)11-9-17/h4-12,15H,13H2,1-3H3/b21-12+,22-20-. The smallest absolute Gasteiger partial charge is 0.242 e. The van der Waals surface area contributed by atoms with Gasteiger partial charge in [-0.3, -0.25) is 9.69 Å². The molecule has 0 radical (unpaired) electrons. The van der Waals surface area contributed by atoms with Gasteiger partial charge in [0.2, 0.25) is 5.91 Å². The molecule has 0 saturated carbocycles. The fourth-order valence-corrected chi connectivity index (χ4v) is 3.44. The summed E-state index contributed by atoms with van der Waals surface area (Å²) < 4.78 is 5.17. The van der Waals surface area contributed by atoms with Crippen LogP contribution in [-0.4, -0.2) is 34.5 Å². The summed E-state index contributed by atoms with van der Waals surface area (Å²) in [7, 11) is 1.63. The third kappa shape index (κ3) is 4.32. The first-order valence-corrected chi connectivity index (χ1v) is 9.23. The molecule has 1 unspecified atom stereocenters. The van der Waals surface area contributed by atoms with Gasteiger partial charge in [0.05, 0.1) is 25.1 Å². The van der Waals surface area contributed by atoms with Crippen LogP contribution in [-0.2, 0) is 11.3 Å². The van der Waals surface area contributed by atoms with Crippen molar-refractivity contribution in [1.29, 1.82) is 0 Å². The number of hydrogen-bond acceptors (Lipinski definition) is 5. The molecule has 0 N–H and O–H groups in total. The lowest BCUT2D eigenvalue weighted by Gasteiger charge is -2.15. The number of thioether (sulfide) groups is 1. The van der Waals surface area contributed by atoms with Crippen LogP contribution in [0.5, 0.6) is 5.75 Å². The molecule has 134 valence electrons. The molecule has 0 aliphatic carbocycles. The van der Waals surface area contributed by atoms with Gasteiger partial charge in [-0.15, -0.1) is 5.10 Å². The first kappa shape index (κ1) is 18.2. The Morgan fingerprint density at radius 2 is 1.85 bits per heavy atom. The minimum absolute atomic E-state index is 0.0510. The molecule has 1 saturated heterocycles. The fraction of sp³-hybridized carbons (Fsp3) is 0.250. The van der Waals surface area contributed by atoms with Gasteiger partial charge in [0, 0.05) is 0 Å². The zero-order valence-corrected chi connectivity index (χ0v) is 15.9. The molecule has 2 aromatic rings. The lowest BCUT2D eigenvalue weighted by Crippen LogP contribution is -2.30. The van der Waals surface area contributed by atoms with Crippen molar-refractivity contribution in [3.8, 4) is 5.75 Å². The van der Waals surface area contributed by atoms with Gasteiger partial charge in [-0.05, 0) is 37.1 Å². The highest BCUT2D eigenvalue weighted by Gasteiger charge is 2.35. The molecule has 0 spiro atoms.